The monoisotopic (exact) mass is 412 g/mol. The van der Waals surface area contributed by atoms with Crippen molar-refractivity contribution in [2.75, 3.05) is 11.9 Å². The fourth-order valence-electron chi connectivity index (χ4n) is 2.69. The highest BCUT2D eigenvalue weighted by atomic mass is 32.1. The van der Waals surface area contributed by atoms with E-state index in [4.69, 9.17) is 4.74 Å². The summed E-state index contributed by atoms with van der Waals surface area (Å²) in [6.45, 7) is 3.92. The molecule has 3 heterocycles. The number of rotatable bonds is 5. The number of carbonyl (C=O) groups excluding carboxylic acids is 2. The fraction of sp³-hybridized carbons (Fsp3) is 0.158. The number of ether oxygens (including phenoxy) is 1. The highest BCUT2D eigenvalue weighted by molar-refractivity contribution is 7.20. The van der Waals surface area contributed by atoms with E-state index in [1.807, 2.05) is 48.0 Å². The van der Waals surface area contributed by atoms with Crippen molar-refractivity contribution in [2.24, 2.45) is 0 Å². The van der Waals surface area contributed by atoms with E-state index in [1.54, 1.807) is 12.3 Å². The van der Waals surface area contributed by atoms with Crippen LogP contribution in [0.1, 0.15) is 32.8 Å². The second-order valence-corrected chi connectivity index (χ2v) is 7.76. The van der Waals surface area contributed by atoms with E-state index < -0.39 is 5.97 Å². The highest BCUT2D eigenvalue weighted by Crippen LogP contribution is 2.31. The van der Waals surface area contributed by atoms with Gasteiger partial charge in [-0.25, -0.2) is 14.5 Å². The maximum Gasteiger partial charge on any atom is 0.357 e. The number of thiazole rings is 1. The van der Waals surface area contributed by atoms with Crippen LogP contribution in [-0.4, -0.2) is 33.2 Å². The third-order valence-electron chi connectivity index (χ3n) is 3.98. The molecular formula is C19H16N4O3S2. The van der Waals surface area contributed by atoms with Crippen LogP contribution in [0, 0.1) is 6.92 Å². The molecule has 142 valence electrons. The van der Waals surface area contributed by atoms with Gasteiger partial charge in [0.05, 0.1) is 22.9 Å². The van der Waals surface area contributed by atoms with Crippen LogP contribution >= 0.6 is 22.7 Å². The molecule has 0 radical (unpaired) electrons. The van der Waals surface area contributed by atoms with Crippen molar-refractivity contribution in [3.8, 4) is 5.69 Å². The Morgan fingerprint density at radius 3 is 2.79 bits per heavy atom. The van der Waals surface area contributed by atoms with Crippen molar-refractivity contribution < 1.29 is 14.3 Å². The normalized spacial score (nSPS) is 10.9. The van der Waals surface area contributed by atoms with Gasteiger partial charge in [0.2, 0.25) is 0 Å². The first-order valence-electron chi connectivity index (χ1n) is 8.55. The Kier molecular flexibility index (Phi) is 4.93. The molecule has 9 heteroatoms. The Morgan fingerprint density at radius 2 is 2.04 bits per heavy atom. The van der Waals surface area contributed by atoms with Crippen molar-refractivity contribution in [3.63, 3.8) is 0 Å². The third kappa shape index (κ3) is 3.41. The van der Waals surface area contributed by atoms with E-state index >= 15 is 0 Å². The van der Waals surface area contributed by atoms with Crippen LogP contribution in [0.5, 0.6) is 0 Å². The van der Waals surface area contributed by atoms with Crippen LogP contribution in [0.4, 0.5) is 5.13 Å². The molecule has 0 aliphatic rings. The van der Waals surface area contributed by atoms with Crippen LogP contribution in [0.25, 0.3) is 15.9 Å². The Balaban J connectivity index is 1.59. The zero-order valence-corrected chi connectivity index (χ0v) is 16.8. The summed E-state index contributed by atoms with van der Waals surface area (Å²) in [6.07, 6.45) is 0. The minimum absolute atomic E-state index is 0.189. The average Bonchev–Trinajstić information content (AvgIpc) is 3.40. The number of thiophene rings is 1. The molecule has 4 rings (SSSR count). The first-order valence-corrected chi connectivity index (χ1v) is 10.2. The molecule has 0 saturated heterocycles. The lowest BCUT2D eigenvalue weighted by molar-refractivity contribution is 0.0520. The molecule has 0 aliphatic carbocycles. The van der Waals surface area contributed by atoms with E-state index in [2.05, 4.69) is 15.4 Å². The first kappa shape index (κ1) is 18.3. The van der Waals surface area contributed by atoms with E-state index in [1.165, 1.54) is 22.7 Å². The predicted molar refractivity (Wildman–Crippen MR) is 110 cm³/mol. The summed E-state index contributed by atoms with van der Waals surface area (Å²) < 4.78 is 6.76. The number of fused-ring (bicyclic) bond motifs is 1. The van der Waals surface area contributed by atoms with Gasteiger partial charge in [0, 0.05) is 10.8 Å². The fourth-order valence-corrected chi connectivity index (χ4v) is 4.44. The summed E-state index contributed by atoms with van der Waals surface area (Å²) in [4.78, 5) is 29.9. The Labute approximate surface area is 168 Å². The molecule has 0 saturated carbocycles. The number of aromatic nitrogens is 3. The van der Waals surface area contributed by atoms with Crippen molar-refractivity contribution in [2.45, 2.75) is 13.8 Å². The molecule has 0 atom stereocenters. The smallest absolute Gasteiger partial charge is 0.357 e. The number of anilines is 1. The molecule has 0 bridgehead atoms. The number of hydrogen-bond acceptors (Lipinski definition) is 7. The number of aryl methyl sites for hydroxylation is 1. The van der Waals surface area contributed by atoms with Crippen LogP contribution in [0.3, 0.4) is 0 Å². The molecule has 0 fully saturated rings. The van der Waals surface area contributed by atoms with E-state index in [0.29, 0.717) is 10.0 Å². The molecular weight excluding hydrogens is 396 g/mol. The summed E-state index contributed by atoms with van der Waals surface area (Å²) in [5.74, 6) is -0.773. The molecule has 1 aromatic carbocycles. The number of hydrogen-bond donors (Lipinski definition) is 1. The van der Waals surface area contributed by atoms with Crippen molar-refractivity contribution in [1.29, 1.82) is 0 Å². The number of carbonyl (C=O) groups is 2. The number of nitrogens with zero attached hydrogens (tertiary/aromatic N) is 3. The lowest BCUT2D eigenvalue weighted by atomic mass is 10.3. The van der Waals surface area contributed by atoms with Crippen LogP contribution in [0.2, 0.25) is 0 Å². The van der Waals surface area contributed by atoms with E-state index in [0.717, 1.165) is 21.6 Å². The summed E-state index contributed by atoms with van der Waals surface area (Å²) in [7, 11) is 0. The van der Waals surface area contributed by atoms with Crippen molar-refractivity contribution >= 4 is 49.9 Å². The minimum atomic E-state index is -0.500. The van der Waals surface area contributed by atoms with Gasteiger partial charge in [-0.15, -0.1) is 22.7 Å². The maximum absolute atomic E-state index is 12.7. The van der Waals surface area contributed by atoms with Crippen LogP contribution < -0.4 is 5.32 Å². The Morgan fingerprint density at radius 1 is 1.25 bits per heavy atom. The molecule has 1 N–H and O–H groups in total. The molecule has 4 aromatic rings. The summed E-state index contributed by atoms with van der Waals surface area (Å²) in [5.41, 5.74) is 1.98. The molecule has 0 aliphatic heterocycles. The van der Waals surface area contributed by atoms with Gasteiger partial charge >= 0.3 is 5.97 Å². The largest absolute Gasteiger partial charge is 0.461 e. The Hall–Kier alpha value is -3.04. The van der Waals surface area contributed by atoms with Crippen molar-refractivity contribution in [3.05, 3.63) is 58.0 Å². The number of para-hydroxylation sites is 1. The lowest BCUT2D eigenvalue weighted by Gasteiger charge is -2.01. The second-order valence-electron chi connectivity index (χ2n) is 5.87. The second kappa shape index (κ2) is 7.53. The number of amides is 1. The molecule has 0 spiro atoms. The number of benzene rings is 1. The molecule has 28 heavy (non-hydrogen) atoms. The molecule has 0 unspecified atom stereocenters. The summed E-state index contributed by atoms with van der Waals surface area (Å²) in [6, 6.07) is 11.6. The Bertz CT molecular complexity index is 1160. The van der Waals surface area contributed by atoms with E-state index in [9.17, 15) is 9.59 Å². The first-order chi connectivity index (χ1) is 13.6. The number of nitrogens with one attached hydrogen (secondary N) is 1. The molecule has 1 amide bonds. The zero-order chi connectivity index (χ0) is 19.7. The van der Waals surface area contributed by atoms with Crippen LogP contribution in [-0.2, 0) is 4.74 Å². The predicted octanol–water partition coefficient (Wildman–Crippen LogP) is 4.28. The molecule has 7 nitrogen and oxygen atoms in total. The summed E-state index contributed by atoms with van der Waals surface area (Å²) >= 11 is 2.54. The topological polar surface area (TPSA) is 86.1 Å². The van der Waals surface area contributed by atoms with Gasteiger partial charge in [-0.2, -0.15) is 5.10 Å². The van der Waals surface area contributed by atoms with Gasteiger partial charge in [0.25, 0.3) is 5.91 Å². The maximum atomic E-state index is 12.7. The number of esters is 1. The van der Waals surface area contributed by atoms with Gasteiger partial charge in [-0.3, -0.25) is 10.1 Å². The standard InChI is InChI=1S/C19H16N4O3S2/c1-3-26-18(25)14-10-27-19(20-14)21-16(24)15-9-13-11(2)22-23(17(13)28-15)12-7-5-4-6-8-12/h4-10H,3H2,1-2H3,(H,20,21,24). The van der Waals surface area contributed by atoms with Crippen LogP contribution in [0.15, 0.2) is 41.8 Å². The lowest BCUT2D eigenvalue weighted by Crippen LogP contribution is -2.11. The van der Waals surface area contributed by atoms with Gasteiger partial charge < -0.3 is 4.74 Å². The molecule has 3 aromatic heterocycles. The van der Waals surface area contributed by atoms with Gasteiger partial charge in [0.15, 0.2) is 10.8 Å². The SMILES string of the molecule is CCOC(=O)c1csc(NC(=O)c2cc3c(C)nn(-c4ccccc4)c3s2)n1. The third-order valence-corrected chi connectivity index (χ3v) is 5.85. The average molecular weight is 412 g/mol. The highest BCUT2D eigenvalue weighted by Gasteiger charge is 2.19. The van der Waals surface area contributed by atoms with E-state index in [-0.39, 0.29) is 18.2 Å². The quantitative estimate of drug-likeness (QED) is 0.495. The zero-order valence-electron chi connectivity index (χ0n) is 15.1. The van der Waals surface area contributed by atoms with Gasteiger partial charge in [-0.05, 0) is 32.0 Å². The summed E-state index contributed by atoms with van der Waals surface area (Å²) in [5, 5.41) is 10.2. The van der Waals surface area contributed by atoms with Gasteiger partial charge in [-0.1, -0.05) is 18.2 Å². The van der Waals surface area contributed by atoms with Crippen molar-refractivity contribution in [1.82, 2.24) is 14.8 Å². The minimum Gasteiger partial charge on any atom is -0.461 e. The van der Waals surface area contributed by atoms with Gasteiger partial charge in [0.1, 0.15) is 4.83 Å².